The van der Waals surface area contributed by atoms with Crippen LogP contribution in [0.25, 0.3) is 0 Å². The quantitative estimate of drug-likeness (QED) is 0.843. The van der Waals surface area contributed by atoms with Gasteiger partial charge >= 0.3 is 0 Å². The lowest BCUT2D eigenvalue weighted by atomic mass is 9.87. The summed E-state index contributed by atoms with van der Waals surface area (Å²) >= 11 is 0. The highest BCUT2D eigenvalue weighted by atomic mass is 32.2. The minimum atomic E-state index is -3.42. The molecule has 0 saturated carbocycles. The summed E-state index contributed by atoms with van der Waals surface area (Å²) in [6, 6.07) is 0.159. The Bertz CT molecular complexity index is 588. The largest absolute Gasteiger partial charge is 0.381 e. The molecule has 7 heteroatoms. The standard InChI is InChI=1S/C13H21N3O3S/c1-11(2)16-8-12(7-14-16)20(17,18)15-5-3-13(9-15)4-6-19-10-13/h7-8,11H,3-6,9-10H2,1-2H3. The average molecular weight is 299 g/mol. The van der Waals surface area contributed by atoms with Crippen LogP contribution in [0.2, 0.25) is 0 Å². The Kier molecular flexibility index (Phi) is 3.38. The van der Waals surface area contributed by atoms with E-state index in [9.17, 15) is 8.42 Å². The molecule has 2 fully saturated rings. The van der Waals surface area contributed by atoms with Gasteiger partial charge in [-0.05, 0) is 26.7 Å². The number of nitrogens with zero attached hydrogens (tertiary/aromatic N) is 3. The molecule has 0 aliphatic carbocycles. The third-order valence-electron chi connectivity index (χ3n) is 4.33. The van der Waals surface area contributed by atoms with Gasteiger partial charge in [0.25, 0.3) is 0 Å². The predicted molar refractivity (Wildman–Crippen MR) is 73.9 cm³/mol. The van der Waals surface area contributed by atoms with Gasteiger partial charge in [0.15, 0.2) is 0 Å². The van der Waals surface area contributed by atoms with Gasteiger partial charge in [-0.2, -0.15) is 9.40 Å². The van der Waals surface area contributed by atoms with Crippen LogP contribution in [0.4, 0.5) is 0 Å². The van der Waals surface area contributed by atoms with Crippen LogP contribution in [0.1, 0.15) is 32.7 Å². The summed E-state index contributed by atoms with van der Waals surface area (Å²) in [4.78, 5) is 0.294. The lowest BCUT2D eigenvalue weighted by Crippen LogP contribution is -2.32. The van der Waals surface area contributed by atoms with Crippen molar-refractivity contribution in [2.75, 3.05) is 26.3 Å². The van der Waals surface area contributed by atoms with Crippen LogP contribution < -0.4 is 0 Å². The number of hydrogen-bond donors (Lipinski definition) is 0. The number of ether oxygens (including phenoxy) is 1. The molecule has 1 unspecified atom stereocenters. The fraction of sp³-hybridized carbons (Fsp3) is 0.769. The Hall–Kier alpha value is -0.920. The van der Waals surface area contributed by atoms with Crippen LogP contribution in [-0.2, 0) is 14.8 Å². The van der Waals surface area contributed by atoms with Gasteiger partial charge in [-0.25, -0.2) is 8.42 Å². The van der Waals surface area contributed by atoms with E-state index in [1.54, 1.807) is 15.2 Å². The molecule has 3 heterocycles. The van der Waals surface area contributed by atoms with Gasteiger partial charge in [0, 0.05) is 37.4 Å². The Balaban J connectivity index is 1.81. The van der Waals surface area contributed by atoms with Crippen molar-refractivity contribution in [1.82, 2.24) is 14.1 Å². The Labute approximate surface area is 119 Å². The van der Waals surface area contributed by atoms with Gasteiger partial charge in [-0.15, -0.1) is 0 Å². The van der Waals surface area contributed by atoms with Gasteiger partial charge in [0.05, 0.1) is 12.8 Å². The third-order valence-corrected chi connectivity index (χ3v) is 6.13. The molecule has 0 N–H and O–H groups in total. The Morgan fingerprint density at radius 1 is 1.40 bits per heavy atom. The zero-order valence-electron chi connectivity index (χ0n) is 11.9. The molecule has 2 saturated heterocycles. The molecule has 0 amide bonds. The fourth-order valence-electron chi connectivity index (χ4n) is 2.96. The number of rotatable bonds is 3. The van der Waals surface area contributed by atoms with E-state index in [1.807, 2.05) is 13.8 Å². The number of sulfonamides is 1. The van der Waals surface area contributed by atoms with Crippen molar-refractivity contribution in [2.45, 2.75) is 37.6 Å². The van der Waals surface area contributed by atoms with Gasteiger partial charge in [-0.1, -0.05) is 0 Å². The second kappa shape index (κ2) is 4.82. The molecule has 3 rings (SSSR count). The van der Waals surface area contributed by atoms with Crippen LogP contribution in [0, 0.1) is 5.41 Å². The van der Waals surface area contributed by atoms with Crippen molar-refractivity contribution in [2.24, 2.45) is 5.41 Å². The van der Waals surface area contributed by atoms with E-state index in [2.05, 4.69) is 5.10 Å². The van der Waals surface area contributed by atoms with Crippen LogP contribution in [0.3, 0.4) is 0 Å². The summed E-state index contributed by atoms with van der Waals surface area (Å²) in [7, 11) is -3.42. The number of aromatic nitrogens is 2. The second-order valence-electron chi connectivity index (χ2n) is 6.14. The third kappa shape index (κ3) is 2.27. The highest BCUT2D eigenvalue weighted by Gasteiger charge is 2.45. The average Bonchev–Trinajstić information content (AvgIpc) is 3.12. The van der Waals surface area contributed by atoms with Gasteiger partial charge in [-0.3, -0.25) is 4.68 Å². The first kappa shape index (κ1) is 14.0. The molecule has 0 aromatic carbocycles. The van der Waals surface area contributed by atoms with E-state index < -0.39 is 10.0 Å². The summed E-state index contributed by atoms with van der Waals surface area (Å²) in [6.45, 7) is 6.54. The first-order chi connectivity index (χ1) is 9.43. The molecule has 2 aliphatic heterocycles. The van der Waals surface area contributed by atoms with Crippen molar-refractivity contribution < 1.29 is 13.2 Å². The van der Waals surface area contributed by atoms with Crippen molar-refractivity contribution in [3.63, 3.8) is 0 Å². The first-order valence-corrected chi connectivity index (χ1v) is 8.49. The van der Waals surface area contributed by atoms with Crippen LogP contribution in [-0.4, -0.2) is 48.8 Å². The summed E-state index contributed by atoms with van der Waals surface area (Å²) in [5.74, 6) is 0. The molecule has 2 aliphatic rings. The Morgan fingerprint density at radius 3 is 2.80 bits per heavy atom. The van der Waals surface area contributed by atoms with Crippen molar-refractivity contribution in [3.05, 3.63) is 12.4 Å². The first-order valence-electron chi connectivity index (χ1n) is 7.05. The summed E-state index contributed by atoms with van der Waals surface area (Å²) in [5.41, 5.74) is 0.0428. The highest BCUT2D eigenvalue weighted by molar-refractivity contribution is 7.89. The highest BCUT2D eigenvalue weighted by Crippen LogP contribution is 2.40. The molecule has 0 radical (unpaired) electrons. The van der Waals surface area contributed by atoms with E-state index in [4.69, 9.17) is 4.74 Å². The summed E-state index contributed by atoms with van der Waals surface area (Å²) in [6.07, 6.45) is 4.93. The van der Waals surface area contributed by atoms with Gasteiger partial charge in [0.2, 0.25) is 10.0 Å². The van der Waals surface area contributed by atoms with Crippen molar-refractivity contribution in [3.8, 4) is 0 Å². The molecule has 1 spiro atoms. The zero-order valence-corrected chi connectivity index (χ0v) is 12.8. The second-order valence-corrected chi connectivity index (χ2v) is 8.08. The topological polar surface area (TPSA) is 64.4 Å². The minimum Gasteiger partial charge on any atom is -0.381 e. The molecular weight excluding hydrogens is 278 g/mol. The maximum absolute atomic E-state index is 12.6. The van der Waals surface area contributed by atoms with E-state index in [-0.39, 0.29) is 11.5 Å². The van der Waals surface area contributed by atoms with Crippen LogP contribution in [0.15, 0.2) is 17.3 Å². The van der Waals surface area contributed by atoms with Crippen LogP contribution >= 0.6 is 0 Å². The van der Waals surface area contributed by atoms with E-state index in [0.717, 1.165) is 19.4 Å². The molecule has 0 bridgehead atoms. The van der Waals surface area contributed by atoms with E-state index in [0.29, 0.717) is 24.6 Å². The molecule has 20 heavy (non-hydrogen) atoms. The summed E-state index contributed by atoms with van der Waals surface area (Å²) in [5, 5.41) is 4.13. The number of hydrogen-bond acceptors (Lipinski definition) is 4. The van der Waals surface area contributed by atoms with Crippen LogP contribution in [0.5, 0.6) is 0 Å². The lowest BCUT2D eigenvalue weighted by molar-refractivity contribution is 0.157. The molecule has 112 valence electrons. The smallest absolute Gasteiger partial charge is 0.246 e. The molecular formula is C13H21N3O3S. The van der Waals surface area contributed by atoms with Crippen molar-refractivity contribution >= 4 is 10.0 Å². The SMILES string of the molecule is CC(C)n1cc(S(=O)(=O)N2CCC3(CCOC3)C2)cn1. The zero-order chi connectivity index (χ0) is 14.4. The Morgan fingerprint density at radius 2 is 2.20 bits per heavy atom. The molecule has 6 nitrogen and oxygen atoms in total. The summed E-state index contributed by atoms with van der Waals surface area (Å²) < 4.78 is 34.0. The monoisotopic (exact) mass is 299 g/mol. The molecule has 1 aromatic rings. The lowest BCUT2D eigenvalue weighted by Gasteiger charge is -2.21. The molecule has 1 aromatic heterocycles. The minimum absolute atomic E-state index is 0.0428. The maximum Gasteiger partial charge on any atom is 0.246 e. The van der Waals surface area contributed by atoms with E-state index in [1.165, 1.54) is 6.20 Å². The van der Waals surface area contributed by atoms with Crippen molar-refractivity contribution in [1.29, 1.82) is 0 Å². The molecule has 1 atom stereocenters. The van der Waals surface area contributed by atoms with Gasteiger partial charge < -0.3 is 4.74 Å². The van der Waals surface area contributed by atoms with Gasteiger partial charge in [0.1, 0.15) is 4.90 Å². The predicted octanol–water partition coefficient (Wildman–Crippen LogP) is 1.27. The fourth-order valence-corrected chi connectivity index (χ4v) is 4.45. The maximum atomic E-state index is 12.6. The van der Waals surface area contributed by atoms with E-state index >= 15 is 0 Å². The normalized spacial score (nSPS) is 27.9.